The fourth-order valence-electron chi connectivity index (χ4n) is 1.80. The van der Waals surface area contributed by atoms with Crippen molar-refractivity contribution in [1.29, 1.82) is 0 Å². The Bertz CT molecular complexity index is 736. The number of hydrogen-bond acceptors (Lipinski definition) is 3. The molecule has 0 fully saturated rings. The van der Waals surface area contributed by atoms with Crippen LogP contribution < -0.4 is 20.1 Å². The molecule has 0 aliphatic rings. The standard InChI is InChI=1S/C18H17FN2O3/c1-23-16-6-2-3-7-17(16)24-13-5-4-12-20-18(22)21-15-10-8-14(19)9-11-15/h2-3,6-11H,12-13H2,1H3,(H2,20,21,22). The van der Waals surface area contributed by atoms with Gasteiger partial charge in [0.25, 0.3) is 0 Å². The smallest absolute Gasteiger partial charge is 0.319 e. The number of carbonyl (C=O) groups excluding carboxylic acids is 1. The van der Waals surface area contributed by atoms with E-state index in [2.05, 4.69) is 22.5 Å². The average Bonchev–Trinajstić information content (AvgIpc) is 2.60. The van der Waals surface area contributed by atoms with Crippen LogP contribution in [0.5, 0.6) is 11.5 Å². The number of urea groups is 1. The molecule has 2 aromatic rings. The minimum atomic E-state index is -0.415. The molecule has 0 saturated heterocycles. The highest BCUT2D eigenvalue weighted by Crippen LogP contribution is 2.25. The highest BCUT2D eigenvalue weighted by molar-refractivity contribution is 5.89. The van der Waals surface area contributed by atoms with E-state index in [0.717, 1.165) is 0 Å². The number of halogens is 1. The van der Waals surface area contributed by atoms with Gasteiger partial charge in [-0.2, -0.15) is 0 Å². The number of para-hydroxylation sites is 2. The molecule has 124 valence electrons. The first-order valence-electron chi connectivity index (χ1n) is 7.21. The largest absolute Gasteiger partial charge is 0.493 e. The average molecular weight is 328 g/mol. The Kier molecular flexibility index (Phi) is 6.47. The third-order valence-corrected chi connectivity index (χ3v) is 2.93. The number of carbonyl (C=O) groups is 1. The van der Waals surface area contributed by atoms with Crippen LogP contribution in [0.25, 0.3) is 0 Å². The van der Waals surface area contributed by atoms with E-state index in [9.17, 15) is 9.18 Å². The van der Waals surface area contributed by atoms with Gasteiger partial charge < -0.3 is 20.1 Å². The molecular formula is C18H17FN2O3. The third kappa shape index (κ3) is 5.54. The van der Waals surface area contributed by atoms with Crippen molar-refractivity contribution < 1.29 is 18.7 Å². The summed E-state index contributed by atoms with van der Waals surface area (Å²) in [6.45, 7) is 0.351. The summed E-state index contributed by atoms with van der Waals surface area (Å²) in [7, 11) is 1.57. The second-order valence-corrected chi connectivity index (χ2v) is 4.61. The maximum Gasteiger partial charge on any atom is 0.319 e. The molecule has 2 aromatic carbocycles. The maximum absolute atomic E-state index is 12.7. The Morgan fingerprint density at radius 3 is 2.50 bits per heavy atom. The predicted molar refractivity (Wildman–Crippen MR) is 89.7 cm³/mol. The normalized spacial score (nSPS) is 9.42. The minimum Gasteiger partial charge on any atom is -0.493 e. The molecule has 0 spiro atoms. The van der Waals surface area contributed by atoms with Crippen molar-refractivity contribution in [3.05, 3.63) is 54.3 Å². The number of benzene rings is 2. The fourth-order valence-corrected chi connectivity index (χ4v) is 1.80. The molecule has 0 radical (unpaired) electrons. The van der Waals surface area contributed by atoms with Crippen molar-refractivity contribution in [2.45, 2.75) is 0 Å². The Hall–Kier alpha value is -3.20. The van der Waals surface area contributed by atoms with Gasteiger partial charge in [0.1, 0.15) is 12.4 Å². The van der Waals surface area contributed by atoms with Crippen molar-refractivity contribution in [1.82, 2.24) is 5.32 Å². The second kappa shape index (κ2) is 9.06. The molecule has 0 saturated carbocycles. The van der Waals surface area contributed by atoms with Crippen molar-refractivity contribution in [3.63, 3.8) is 0 Å². The number of rotatable bonds is 5. The van der Waals surface area contributed by atoms with E-state index in [1.807, 2.05) is 12.1 Å². The summed E-state index contributed by atoms with van der Waals surface area (Å²) < 4.78 is 23.4. The highest BCUT2D eigenvalue weighted by atomic mass is 19.1. The maximum atomic E-state index is 12.7. The van der Waals surface area contributed by atoms with E-state index < -0.39 is 6.03 Å². The quantitative estimate of drug-likeness (QED) is 0.830. The highest BCUT2D eigenvalue weighted by Gasteiger charge is 2.01. The summed E-state index contributed by atoms with van der Waals surface area (Å²) in [4.78, 5) is 11.6. The van der Waals surface area contributed by atoms with Crippen LogP contribution in [0.15, 0.2) is 48.5 Å². The second-order valence-electron chi connectivity index (χ2n) is 4.61. The van der Waals surface area contributed by atoms with Crippen molar-refractivity contribution in [2.75, 3.05) is 25.6 Å². The van der Waals surface area contributed by atoms with Crippen LogP contribution in [0.3, 0.4) is 0 Å². The zero-order chi connectivity index (χ0) is 17.2. The minimum absolute atomic E-state index is 0.169. The van der Waals surface area contributed by atoms with Crippen LogP contribution in [0.2, 0.25) is 0 Å². The molecule has 2 rings (SSSR count). The molecule has 2 N–H and O–H groups in total. The molecule has 0 heterocycles. The van der Waals surface area contributed by atoms with Crippen LogP contribution in [0, 0.1) is 17.7 Å². The first-order chi connectivity index (χ1) is 11.7. The lowest BCUT2D eigenvalue weighted by Crippen LogP contribution is -2.28. The van der Waals surface area contributed by atoms with Crippen LogP contribution in [0.1, 0.15) is 0 Å². The zero-order valence-corrected chi connectivity index (χ0v) is 13.1. The first-order valence-corrected chi connectivity index (χ1v) is 7.21. The lowest BCUT2D eigenvalue weighted by Gasteiger charge is -2.07. The van der Waals surface area contributed by atoms with Gasteiger partial charge in [0.15, 0.2) is 11.5 Å². The Labute approximate surface area is 139 Å². The molecule has 6 heteroatoms. The van der Waals surface area contributed by atoms with E-state index >= 15 is 0 Å². The molecule has 0 aliphatic heterocycles. The van der Waals surface area contributed by atoms with Gasteiger partial charge in [-0.3, -0.25) is 0 Å². The zero-order valence-electron chi connectivity index (χ0n) is 13.1. The number of methoxy groups -OCH3 is 1. The predicted octanol–water partition coefficient (Wildman–Crippen LogP) is 3.04. The van der Waals surface area contributed by atoms with E-state index in [1.54, 1.807) is 19.2 Å². The molecule has 0 unspecified atom stereocenters. The van der Waals surface area contributed by atoms with E-state index in [0.29, 0.717) is 17.2 Å². The number of anilines is 1. The third-order valence-electron chi connectivity index (χ3n) is 2.93. The molecule has 0 bridgehead atoms. The van der Waals surface area contributed by atoms with Gasteiger partial charge in [0.2, 0.25) is 0 Å². The summed E-state index contributed by atoms with van der Waals surface area (Å²) in [6.07, 6.45) is 0. The summed E-state index contributed by atoms with van der Waals surface area (Å²) >= 11 is 0. The summed E-state index contributed by atoms with van der Waals surface area (Å²) in [5.41, 5.74) is 0.501. The Balaban J connectivity index is 1.70. The first kappa shape index (κ1) is 17.2. The van der Waals surface area contributed by atoms with E-state index in [4.69, 9.17) is 9.47 Å². The van der Waals surface area contributed by atoms with Gasteiger partial charge in [0, 0.05) is 5.69 Å². The monoisotopic (exact) mass is 328 g/mol. The fraction of sp³-hybridized carbons (Fsp3) is 0.167. The molecule has 0 aromatic heterocycles. The number of ether oxygens (including phenoxy) is 2. The van der Waals surface area contributed by atoms with Crippen LogP contribution >= 0.6 is 0 Å². The van der Waals surface area contributed by atoms with Crippen molar-refractivity contribution in [3.8, 4) is 23.3 Å². The van der Waals surface area contributed by atoms with Gasteiger partial charge in [-0.05, 0) is 36.4 Å². The van der Waals surface area contributed by atoms with Gasteiger partial charge in [-0.25, -0.2) is 9.18 Å². The molecular weight excluding hydrogens is 311 g/mol. The molecule has 0 aliphatic carbocycles. The Morgan fingerprint density at radius 1 is 1.08 bits per heavy atom. The summed E-state index contributed by atoms with van der Waals surface area (Å²) in [5, 5.41) is 5.14. The van der Waals surface area contributed by atoms with Gasteiger partial charge in [0.05, 0.1) is 13.7 Å². The lowest BCUT2D eigenvalue weighted by molar-refractivity contribution is 0.253. The molecule has 0 atom stereocenters. The van der Waals surface area contributed by atoms with Crippen molar-refractivity contribution in [2.24, 2.45) is 0 Å². The number of nitrogens with one attached hydrogen (secondary N) is 2. The summed E-state index contributed by atoms with van der Waals surface area (Å²) in [6, 6.07) is 12.3. The number of amides is 2. The van der Waals surface area contributed by atoms with E-state index in [-0.39, 0.29) is 19.0 Å². The topological polar surface area (TPSA) is 59.6 Å². The number of hydrogen-bond donors (Lipinski definition) is 2. The SMILES string of the molecule is COc1ccccc1OCC#CCNC(=O)Nc1ccc(F)cc1. The van der Waals surface area contributed by atoms with Crippen LogP contribution in [-0.2, 0) is 0 Å². The molecule has 24 heavy (non-hydrogen) atoms. The van der Waals surface area contributed by atoms with Crippen LogP contribution in [-0.4, -0.2) is 26.3 Å². The molecule has 5 nitrogen and oxygen atoms in total. The van der Waals surface area contributed by atoms with Crippen LogP contribution in [0.4, 0.5) is 14.9 Å². The molecule has 2 amide bonds. The van der Waals surface area contributed by atoms with Gasteiger partial charge in [-0.1, -0.05) is 24.0 Å². The van der Waals surface area contributed by atoms with E-state index in [1.165, 1.54) is 24.3 Å². The lowest BCUT2D eigenvalue weighted by atomic mass is 10.3. The Morgan fingerprint density at radius 2 is 1.79 bits per heavy atom. The summed E-state index contributed by atoms with van der Waals surface area (Å²) in [5.74, 6) is 6.45. The van der Waals surface area contributed by atoms with Gasteiger partial charge >= 0.3 is 6.03 Å². The van der Waals surface area contributed by atoms with Gasteiger partial charge in [-0.15, -0.1) is 0 Å². The van der Waals surface area contributed by atoms with Crippen molar-refractivity contribution >= 4 is 11.7 Å².